The van der Waals surface area contributed by atoms with Gasteiger partial charge >= 0.3 is 0 Å². The van der Waals surface area contributed by atoms with Crippen molar-refractivity contribution in [2.24, 2.45) is 5.92 Å². The molecule has 2 aliphatic rings. The maximum absolute atomic E-state index is 12.4. The first-order valence-corrected chi connectivity index (χ1v) is 9.16. The van der Waals surface area contributed by atoms with E-state index in [1.54, 1.807) is 0 Å². The van der Waals surface area contributed by atoms with Gasteiger partial charge in [0.2, 0.25) is 5.91 Å². The molecule has 0 atom stereocenters. The number of rotatable bonds is 5. The van der Waals surface area contributed by atoms with Crippen molar-refractivity contribution in [2.45, 2.75) is 45.8 Å². The van der Waals surface area contributed by atoms with Crippen molar-refractivity contribution in [3.63, 3.8) is 0 Å². The number of ether oxygens (including phenoxy) is 2. The lowest BCUT2D eigenvalue weighted by Crippen LogP contribution is -2.41. The Kier molecular flexibility index (Phi) is 5.86. The molecule has 2 saturated heterocycles. The van der Waals surface area contributed by atoms with Crippen LogP contribution in [0.25, 0.3) is 0 Å². The van der Waals surface area contributed by atoms with Crippen LogP contribution in [-0.2, 0) is 14.3 Å². The molecule has 2 aliphatic heterocycles. The fourth-order valence-electron chi connectivity index (χ4n) is 3.51. The Morgan fingerprint density at radius 3 is 2.36 bits per heavy atom. The van der Waals surface area contributed by atoms with Gasteiger partial charge in [-0.05, 0) is 43.9 Å². The summed E-state index contributed by atoms with van der Waals surface area (Å²) in [4.78, 5) is 26.6. The number of likely N-dealkylation sites (tertiary alicyclic amines) is 1. The van der Waals surface area contributed by atoms with Gasteiger partial charge in [0.25, 0.3) is 0 Å². The largest absolute Gasteiger partial charge is 0.350 e. The highest BCUT2D eigenvalue weighted by atomic mass is 16.7. The number of nitrogens with zero attached hydrogens (tertiary/aromatic N) is 1. The van der Waals surface area contributed by atoms with Crippen LogP contribution in [0.3, 0.4) is 0 Å². The molecule has 5 heteroatoms. The van der Waals surface area contributed by atoms with Crippen LogP contribution in [0.4, 0.5) is 0 Å². The number of piperidine rings is 1. The smallest absolute Gasteiger partial charge is 0.223 e. The van der Waals surface area contributed by atoms with E-state index in [0.29, 0.717) is 24.7 Å². The van der Waals surface area contributed by atoms with E-state index in [9.17, 15) is 9.59 Å². The lowest BCUT2D eigenvalue weighted by atomic mass is 9.95. The van der Waals surface area contributed by atoms with Crippen LogP contribution in [-0.4, -0.2) is 49.2 Å². The lowest BCUT2D eigenvalue weighted by molar-refractivity contribution is -0.136. The van der Waals surface area contributed by atoms with Crippen molar-refractivity contribution < 1.29 is 19.1 Å². The molecule has 1 aromatic carbocycles. The molecular formula is C20H27NO4. The van der Waals surface area contributed by atoms with Gasteiger partial charge in [-0.25, -0.2) is 0 Å². The van der Waals surface area contributed by atoms with Gasteiger partial charge in [0.1, 0.15) is 0 Å². The van der Waals surface area contributed by atoms with Crippen molar-refractivity contribution >= 4 is 11.7 Å². The molecule has 0 aromatic heterocycles. The van der Waals surface area contributed by atoms with Gasteiger partial charge in [-0.3, -0.25) is 9.59 Å². The summed E-state index contributed by atoms with van der Waals surface area (Å²) in [6.45, 7) is 6.82. The number of aryl methyl sites for hydroxylation is 2. The third-order valence-corrected chi connectivity index (χ3v) is 5.32. The van der Waals surface area contributed by atoms with Crippen molar-refractivity contribution in [1.82, 2.24) is 4.90 Å². The minimum atomic E-state index is -0.0939. The minimum Gasteiger partial charge on any atom is -0.350 e. The maximum Gasteiger partial charge on any atom is 0.223 e. The fourth-order valence-corrected chi connectivity index (χ4v) is 3.51. The standard InChI is InChI=1S/C20H27NO4/c1-14-3-4-17(13-15(14)2)18(22)5-6-19(23)21-9-7-16(8-10-21)20-24-11-12-25-20/h3-4,13,16,20H,5-12H2,1-2H3. The van der Waals surface area contributed by atoms with Crippen LogP contribution < -0.4 is 0 Å². The zero-order chi connectivity index (χ0) is 17.8. The highest BCUT2D eigenvalue weighted by Gasteiger charge is 2.31. The molecule has 2 heterocycles. The number of carbonyl (C=O) groups is 2. The number of ketones is 1. The van der Waals surface area contributed by atoms with E-state index < -0.39 is 0 Å². The Labute approximate surface area is 149 Å². The summed E-state index contributed by atoms with van der Waals surface area (Å²) >= 11 is 0. The molecule has 0 N–H and O–H groups in total. The van der Waals surface area contributed by atoms with Crippen molar-refractivity contribution in [3.8, 4) is 0 Å². The topological polar surface area (TPSA) is 55.8 Å². The zero-order valence-corrected chi connectivity index (χ0v) is 15.1. The van der Waals surface area contributed by atoms with Gasteiger partial charge in [-0.2, -0.15) is 0 Å². The summed E-state index contributed by atoms with van der Waals surface area (Å²) < 4.78 is 11.1. The molecule has 1 amide bonds. The molecular weight excluding hydrogens is 318 g/mol. The highest BCUT2D eigenvalue weighted by Crippen LogP contribution is 2.26. The fraction of sp³-hybridized carbons (Fsp3) is 0.600. The van der Waals surface area contributed by atoms with E-state index in [1.165, 1.54) is 5.56 Å². The number of amides is 1. The molecule has 0 spiro atoms. The quantitative estimate of drug-likeness (QED) is 0.770. The first-order chi connectivity index (χ1) is 12.0. The van der Waals surface area contributed by atoms with E-state index in [0.717, 1.165) is 31.5 Å². The average molecular weight is 345 g/mol. The molecule has 0 aliphatic carbocycles. The Morgan fingerprint density at radius 2 is 1.72 bits per heavy atom. The van der Waals surface area contributed by atoms with Crippen LogP contribution in [0.1, 0.15) is 47.2 Å². The monoisotopic (exact) mass is 345 g/mol. The van der Waals surface area contributed by atoms with E-state index in [4.69, 9.17) is 9.47 Å². The van der Waals surface area contributed by atoms with E-state index in [1.807, 2.05) is 36.9 Å². The molecule has 3 rings (SSSR count). The normalized spacial score (nSPS) is 19.4. The molecule has 25 heavy (non-hydrogen) atoms. The Morgan fingerprint density at radius 1 is 1.04 bits per heavy atom. The summed E-state index contributed by atoms with van der Waals surface area (Å²) in [5, 5.41) is 0. The van der Waals surface area contributed by atoms with Gasteiger partial charge in [0, 0.05) is 37.4 Å². The molecule has 136 valence electrons. The van der Waals surface area contributed by atoms with Crippen molar-refractivity contribution in [1.29, 1.82) is 0 Å². The summed E-state index contributed by atoms with van der Waals surface area (Å²) in [7, 11) is 0. The number of benzene rings is 1. The highest BCUT2D eigenvalue weighted by molar-refractivity contribution is 5.98. The van der Waals surface area contributed by atoms with Crippen LogP contribution in [0, 0.1) is 19.8 Å². The Bertz CT molecular complexity index is 629. The first kappa shape index (κ1) is 18.1. The Hall–Kier alpha value is -1.72. The predicted molar refractivity (Wildman–Crippen MR) is 94.5 cm³/mol. The molecule has 2 fully saturated rings. The Balaban J connectivity index is 1.44. The van der Waals surface area contributed by atoms with Gasteiger partial charge < -0.3 is 14.4 Å². The molecule has 5 nitrogen and oxygen atoms in total. The second-order valence-electron chi connectivity index (χ2n) is 7.05. The summed E-state index contributed by atoms with van der Waals surface area (Å²) in [5.41, 5.74) is 2.98. The number of carbonyl (C=O) groups excluding carboxylic acids is 2. The summed E-state index contributed by atoms with van der Waals surface area (Å²) in [6, 6.07) is 5.72. The van der Waals surface area contributed by atoms with Crippen LogP contribution >= 0.6 is 0 Å². The first-order valence-electron chi connectivity index (χ1n) is 9.16. The average Bonchev–Trinajstić information content (AvgIpc) is 3.16. The van der Waals surface area contributed by atoms with Crippen LogP contribution in [0.2, 0.25) is 0 Å². The molecule has 0 saturated carbocycles. The third kappa shape index (κ3) is 4.47. The van der Waals surface area contributed by atoms with E-state index in [2.05, 4.69) is 0 Å². The second-order valence-corrected chi connectivity index (χ2v) is 7.05. The molecule has 0 unspecified atom stereocenters. The third-order valence-electron chi connectivity index (χ3n) is 5.32. The number of hydrogen-bond donors (Lipinski definition) is 0. The molecule has 0 bridgehead atoms. The van der Waals surface area contributed by atoms with Gasteiger partial charge in [-0.1, -0.05) is 12.1 Å². The minimum absolute atomic E-state index is 0.0408. The maximum atomic E-state index is 12.4. The number of Topliss-reactive ketones (excluding diaryl/α,β-unsaturated/α-hetero) is 1. The molecule has 0 radical (unpaired) electrons. The van der Waals surface area contributed by atoms with E-state index in [-0.39, 0.29) is 30.8 Å². The van der Waals surface area contributed by atoms with Crippen molar-refractivity contribution in [2.75, 3.05) is 26.3 Å². The molecule has 1 aromatic rings. The van der Waals surface area contributed by atoms with Crippen LogP contribution in [0.5, 0.6) is 0 Å². The van der Waals surface area contributed by atoms with Gasteiger partial charge in [-0.15, -0.1) is 0 Å². The lowest BCUT2D eigenvalue weighted by Gasteiger charge is -2.33. The SMILES string of the molecule is Cc1ccc(C(=O)CCC(=O)N2CCC(C3OCCO3)CC2)cc1C. The van der Waals surface area contributed by atoms with Crippen LogP contribution in [0.15, 0.2) is 18.2 Å². The van der Waals surface area contributed by atoms with Gasteiger partial charge in [0.05, 0.1) is 13.2 Å². The van der Waals surface area contributed by atoms with E-state index >= 15 is 0 Å². The summed E-state index contributed by atoms with van der Waals surface area (Å²) in [5.74, 6) is 0.492. The predicted octanol–water partition coefficient (Wildman–Crippen LogP) is 2.88. The second kappa shape index (κ2) is 8.11. The van der Waals surface area contributed by atoms with Gasteiger partial charge in [0.15, 0.2) is 12.1 Å². The zero-order valence-electron chi connectivity index (χ0n) is 15.1. The van der Waals surface area contributed by atoms with Crippen molar-refractivity contribution in [3.05, 3.63) is 34.9 Å². The summed E-state index contributed by atoms with van der Waals surface area (Å²) in [6.07, 6.45) is 2.27. The number of hydrogen-bond acceptors (Lipinski definition) is 4.